The van der Waals surface area contributed by atoms with Gasteiger partial charge in [0.05, 0.1) is 7.11 Å². The van der Waals surface area contributed by atoms with Crippen LogP contribution in [0.5, 0.6) is 5.75 Å². The maximum atomic E-state index is 12.7. The molecule has 3 aliphatic rings. The van der Waals surface area contributed by atoms with Crippen LogP contribution in [0.1, 0.15) is 32.1 Å². The molecule has 4 nitrogen and oxygen atoms in total. The lowest BCUT2D eigenvalue weighted by molar-refractivity contribution is -0.132. The number of hydrogen-bond acceptors (Lipinski definition) is 3. The molecule has 1 aliphatic heterocycles. The van der Waals surface area contributed by atoms with Gasteiger partial charge in [0, 0.05) is 44.4 Å². The molecule has 4 heteroatoms. The normalized spacial score (nSPS) is 29.1. The summed E-state index contributed by atoms with van der Waals surface area (Å²) in [6.45, 7) is 3.51. The average molecular weight is 328 g/mol. The van der Waals surface area contributed by atoms with Gasteiger partial charge in [0.2, 0.25) is 5.91 Å². The van der Waals surface area contributed by atoms with Crippen molar-refractivity contribution in [3.63, 3.8) is 0 Å². The summed E-state index contributed by atoms with van der Waals surface area (Å²) in [5.41, 5.74) is 1.19. The molecule has 3 fully saturated rings. The number of carbonyl (C=O) groups is 1. The van der Waals surface area contributed by atoms with Crippen LogP contribution in [0.2, 0.25) is 0 Å². The first-order valence-electron chi connectivity index (χ1n) is 9.39. The molecule has 2 aliphatic carbocycles. The van der Waals surface area contributed by atoms with Gasteiger partial charge < -0.3 is 14.5 Å². The van der Waals surface area contributed by atoms with E-state index >= 15 is 0 Å². The highest BCUT2D eigenvalue weighted by Crippen LogP contribution is 2.49. The maximum absolute atomic E-state index is 12.7. The molecule has 0 aromatic heterocycles. The van der Waals surface area contributed by atoms with Crippen molar-refractivity contribution in [2.24, 2.45) is 17.8 Å². The second-order valence-corrected chi connectivity index (χ2v) is 7.71. The summed E-state index contributed by atoms with van der Waals surface area (Å²) in [5, 5.41) is 0. The molecule has 24 heavy (non-hydrogen) atoms. The molecule has 1 aromatic rings. The van der Waals surface area contributed by atoms with E-state index < -0.39 is 0 Å². The minimum atomic E-state index is 0.387. The Kier molecular flexibility index (Phi) is 4.38. The fraction of sp³-hybridized carbons (Fsp3) is 0.650. The maximum Gasteiger partial charge on any atom is 0.222 e. The molecule has 1 heterocycles. The molecule has 0 N–H and O–H groups in total. The molecule has 0 radical (unpaired) electrons. The van der Waals surface area contributed by atoms with Gasteiger partial charge in [0.15, 0.2) is 0 Å². The van der Waals surface area contributed by atoms with Crippen LogP contribution in [0, 0.1) is 17.8 Å². The molecular formula is C20H28N2O2. The topological polar surface area (TPSA) is 32.8 Å². The van der Waals surface area contributed by atoms with Gasteiger partial charge in [-0.25, -0.2) is 0 Å². The first-order chi connectivity index (χ1) is 11.7. The SMILES string of the molecule is COc1cccc(N2CCN(C(=O)C[C@@H]3C[C@@H]4CC[C@@H]3C4)CC2)c1. The second-order valence-electron chi connectivity index (χ2n) is 7.71. The van der Waals surface area contributed by atoms with Crippen molar-refractivity contribution in [3.05, 3.63) is 24.3 Å². The third-order valence-electron chi connectivity index (χ3n) is 6.37. The van der Waals surface area contributed by atoms with Crippen molar-refractivity contribution in [1.82, 2.24) is 4.90 Å². The standard InChI is InChI=1S/C20H28N2O2/c1-24-19-4-2-3-18(14-19)21-7-9-22(10-8-21)20(23)13-17-12-15-5-6-16(17)11-15/h2-4,14-17H,5-13H2,1H3/t15-,16-,17+/m1/s1. The molecule has 1 amide bonds. The van der Waals surface area contributed by atoms with Crippen molar-refractivity contribution in [1.29, 1.82) is 0 Å². The Labute approximate surface area is 144 Å². The van der Waals surface area contributed by atoms with E-state index in [1.807, 2.05) is 12.1 Å². The van der Waals surface area contributed by atoms with Gasteiger partial charge in [-0.15, -0.1) is 0 Å². The smallest absolute Gasteiger partial charge is 0.222 e. The zero-order valence-electron chi connectivity index (χ0n) is 14.6. The van der Waals surface area contributed by atoms with Crippen LogP contribution in [0.25, 0.3) is 0 Å². The van der Waals surface area contributed by atoms with Crippen LogP contribution in [0.15, 0.2) is 24.3 Å². The molecule has 0 unspecified atom stereocenters. The Morgan fingerprint density at radius 2 is 2.00 bits per heavy atom. The Bertz CT molecular complexity index is 595. The number of hydrogen-bond donors (Lipinski definition) is 0. The lowest BCUT2D eigenvalue weighted by Crippen LogP contribution is -2.49. The molecule has 130 valence electrons. The Morgan fingerprint density at radius 1 is 1.17 bits per heavy atom. The number of amides is 1. The van der Waals surface area contributed by atoms with Gasteiger partial charge >= 0.3 is 0 Å². The predicted molar refractivity (Wildman–Crippen MR) is 95.3 cm³/mol. The molecule has 1 aromatic carbocycles. The molecule has 1 saturated heterocycles. The van der Waals surface area contributed by atoms with Crippen LogP contribution in [-0.4, -0.2) is 44.1 Å². The monoisotopic (exact) mass is 328 g/mol. The number of nitrogens with zero attached hydrogens (tertiary/aromatic N) is 2. The number of ether oxygens (including phenoxy) is 1. The second kappa shape index (κ2) is 6.66. The summed E-state index contributed by atoms with van der Waals surface area (Å²) in [6.07, 6.45) is 6.27. The van der Waals surface area contributed by atoms with E-state index in [-0.39, 0.29) is 0 Å². The first kappa shape index (κ1) is 15.8. The largest absolute Gasteiger partial charge is 0.497 e. The Balaban J connectivity index is 1.30. The molecular weight excluding hydrogens is 300 g/mol. The third kappa shape index (κ3) is 3.11. The minimum absolute atomic E-state index is 0.387. The van der Waals surface area contributed by atoms with E-state index in [1.165, 1.54) is 31.4 Å². The molecule has 0 spiro atoms. The quantitative estimate of drug-likeness (QED) is 0.851. The van der Waals surface area contributed by atoms with Crippen molar-refractivity contribution in [2.45, 2.75) is 32.1 Å². The van der Waals surface area contributed by atoms with Crippen molar-refractivity contribution in [2.75, 3.05) is 38.2 Å². The van der Waals surface area contributed by atoms with E-state index in [9.17, 15) is 4.79 Å². The minimum Gasteiger partial charge on any atom is -0.497 e. The highest BCUT2D eigenvalue weighted by atomic mass is 16.5. The van der Waals surface area contributed by atoms with Crippen molar-refractivity contribution < 1.29 is 9.53 Å². The highest BCUT2D eigenvalue weighted by molar-refractivity contribution is 5.77. The van der Waals surface area contributed by atoms with E-state index in [4.69, 9.17) is 4.74 Å². The summed E-state index contributed by atoms with van der Waals surface area (Å²) in [5.74, 6) is 3.72. The number of anilines is 1. The van der Waals surface area contributed by atoms with Crippen molar-refractivity contribution >= 4 is 11.6 Å². The van der Waals surface area contributed by atoms with E-state index in [0.29, 0.717) is 11.8 Å². The summed E-state index contributed by atoms with van der Waals surface area (Å²) in [6, 6.07) is 8.20. The van der Waals surface area contributed by atoms with Crippen molar-refractivity contribution in [3.8, 4) is 5.75 Å². The third-order valence-corrected chi connectivity index (χ3v) is 6.37. The molecule has 3 atom stereocenters. The number of piperazine rings is 1. The zero-order valence-corrected chi connectivity index (χ0v) is 14.6. The van der Waals surface area contributed by atoms with Crippen LogP contribution in [-0.2, 0) is 4.79 Å². The van der Waals surface area contributed by atoms with Gasteiger partial charge in [-0.1, -0.05) is 12.5 Å². The van der Waals surface area contributed by atoms with Gasteiger partial charge in [0.1, 0.15) is 5.75 Å². The van der Waals surface area contributed by atoms with Gasteiger partial charge in [-0.2, -0.15) is 0 Å². The summed E-state index contributed by atoms with van der Waals surface area (Å²) in [7, 11) is 1.70. The number of benzene rings is 1. The lowest BCUT2D eigenvalue weighted by atomic mass is 9.86. The van der Waals surface area contributed by atoms with Gasteiger partial charge in [0.25, 0.3) is 0 Å². The van der Waals surface area contributed by atoms with Crippen LogP contribution < -0.4 is 9.64 Å². The average Bonchev–Trinajstić information content (AvgIpc) is 3.25. The number of rotatable bonds is 4. The van der Waals surface area contributed by atoms with Crippen LogP contribution in [0.4, 0.5) is 5.69 Å². The fourth-order valence-electron chi connectivity index (χ4n) is 5.00. The highest BCUT2D eigenvalue weighted by Gasteiger charge is 2.40. The van der Waals surface area contributed by atoms with E-state index in [0.717, 1.165) is 50.2 Å². The lowest BCUT2D eigenvalue weighted by Gasteiger charge is -2.37. The summed E-state index contributed by atoms with van der Waals surface area (Å²) >= 11 is 0. The van der Waals surface area contributed by atoms with Gasteiger partial charge in [-0.05, 0) is 49.1 Å². The summed E-state index contributed by atoms with van der Waals surface area (Å²) < 4.78 is 5.31. The molecule has 4 rings (SSSR count). The van der Waals surface area contributed by atoms with E-state index in [1.54, 1.807) is 7.11 Å². The molecule has 2 bridgehead atoms. The number of carbonyl (C=O) groups excluding carboxylic acids is 1. The first-order valence-corrected chi connectivity index (χ1v) is 9.39. The number of fused-ring (bicyclic) bond motifs is 2. The Hall–Kier alpha value is -1.71. The Morgan fingerprint density at radius 3 is 2.67 bits per heavy atom. The molecule has 2 saturated carbocycles. The predicted octanol–water partition coefficient (Wildman–Crippen LogP) is 3.17. The van der Waals surface area contributed by atoms with Gasteiger partial charge in [-0.3, -0.25) is 4.79 Å². The number of methoxy groups -OCH3 is 1. The fourth-order valence-corrected chi connectivity index (χ4v) is 5.00. The van der Waals surface area contributed by atoms with Crippen LogP contribution >= 0.6 is 0 Å². The van der Waals surface area contributed by atoms with E-state index in [2.05, 4.69) is 21.9 Å². The zero-order chi connectivity index (χ0) is 16.5. The van der Waals surface area contributed by atoms with Crippen LogP contribution in [0.3, 0.4) is 0 Å². The summed E-state index contributed by atoms with van der Waals surface area (Å²) in [4.78, 5) is 17.1.